The van der Waals surface area contributed by atoms with E-state index in [9.17, 15) is 9.18 Å². The highest BCUT2D eigenvalue weighted by atomic mass is 35.5. The zero-order chi connectivity index (χ0) is 20.2. The number of rotatable bonds is 5. The maximum atomic E-state index is 12.9. The largest absolute Gasteiger partial charge is 0.345 e. The van der Waals surface area contributed by atoms with Crippen molar-refractivity contribution < 1.29 is 9.18 Å². The third kappa shape index (κ3) is 5.21. The predicted molar refractivity (Wildman–Crippen MR) is 113 cm³/mol. The molecular weight excluding hydrogens is 413 g/mol. The lowest BCUT2D eigenvalue weighted by Crippen LogP contribution is -2.39. The number of urea groups is 1. The Hall–Kier alpha value is -2.71. The Morgan fingerprint density at radius 3 is 2.69 bits per heavy atom. The molecule has 1 aliphatic rings. The molecule has 150 valence electrons. The number of anilines is 2. The van der Waals surface area contributed by atoms with Crippen LogP contribution in [-0.2, 0) is 6.42 Å². The lowest BCUT2D eigenvalue weighted by molar-refractivity contribution is 0.249. The number of benzene rings is 2. The van der Waals surface area contributed by atoms with E-state index < -0.39 is 0 Å². The lowest BCUT2D eigenvalue weighted by atomic mass is 10.2. The Balaban J connectivity index is 1.29. The molecule has 1 aliphatic heterocycles. The Morgan fingerprint density at radius 1 is 1.17 bits per heavy atom. The number of nitrogens with one attached hydrogen (secondary N) is 2. The second-order valence-electron chi connectivity index (χ2n) is 6.82. The van der Waals surface area contributed by atoms with E-state index >= 15 is 0 Å². The summed E-state index contributed by atoms with van der Waals surface area (Å²) >= 11 is 7.49. The fourth-order valence-electron chi connectivity index (χ4n) is 3.16. The van der Waals surface area contributed by atoms with Crippen LogP contribution in [-0.4, -0.2) is 35.4 Å². The van der Waals surface area contributed by atoms with Gasteiger partial charge in [0.15, 0.2) is 0 Å². The van der Waals surface area contributed by atoms with Gasteiger partial charge in [-0.15, -0.1) is 10.2 Å². The molecule has 2 amide bonds. The van der Waals surface area contributed by atoms with Gasteiger partial charge in [0.05, 0.1) is 0 Å². The van der Waals surface area contributed by atoms with E-state index in [1.807, 2.05) is 24.3 Å². The molecule has 6 nitrogen and oxygen atoms in total. The van der Waals surface area contributed by atoms with Crippen molar-refractivity contribution in [3.63, 3.8) is 0 Å². The van der Waals surface area contributed by atoms with Crippen LogP contribution in [0.3, 0.4) is 0 Å². The zero-order valence-electron chi connectivity index (χ0n) is 15.4. The highest BCUT2D eigenvalue weighted by Crippen LogP contribution is 2.26. The minimum atomic E-state index is -0.338. The first-order valence-corrected chi connectivity index (χ1v) is 10.4. The number of halogens is 2. The molecular formula is C20H19ClFN5OS. The van der Waals surface area contributed by atoms with Gasteiger partial charge in [-0.3, -0.25) is 0 Å². The quantitative estimate of drug-likeness (QED) is 0.631. The van der Waals surface area contributed by atoms with Gasteiger partial charge in [0, 0.05) is 36.3 Å². The average Bonchev–Trinajstić information content (AvgIpc) is 3.35. The van der Waals surface area contributed by atoms with Gasteiger partial charge >= 0.3 is 6.03 Å². The molecule has 3 aromatic rings. The number of amides is 2. The molecule has 1 saturated heterocycles. The van der Waals surface area contributed by atoms with Crippen molar-refractivity contribution in [3.05, 3.63) is 69.9 Å². The van der Waals surface area contributed by atoms with E-state index in [1.165, 1.54) is 24.3 Å². The average molecular weight is 432 g/mol. The first-order valence-electron chi connectivity index (χ1n) is 9.20. The molecule has 1 atom stereocenters. The second-order valence-corrected chi connectivity index (χ2v) is 8.30. The highest BCUT2D eigenvalue weighted by Gasteiger charge is 2.26. The van der Waals surface area contributed by atoms with Gasteiger partial charge in [0.25, 0.3) is 0 Å². The van der Waals surface area contributed by atoms with Crippen molar-refractivity contribution >= 4 is 39.8 Å². The second kappa shape index (κ2) is 8.75. The standard InChI is InChI=1S/C20H19ClFN5OS/c21-14-3-1-13(2-4-14)11-18-25-26-20(29-18)27-10-9-17(12-27)24-19(28)23-16-7-5-15(22)6-8-16/h1-8,17H,9-12H2,(H2,23,24,28). The SMILES string of the molecule is O=C(Nc1ccc(F)cc1)NC1CCN(c2nnc(Cc3ccc(Cl)cc3)s2)C1. The molecule has 29 heavy (non-hydrogen) atoms. The molecule has 9 heteroatoms. The third-order valence-corrected chi connectivity index (χ3v) is 5.86. The number of nitrogens with zero attached hydrogens (tertiary/aromatic N) is 3. The summed E-state index contributed by atoms with van der Waals surface area (Å²) < 4.78 is 12.9. The maximum absolute atomic E-state index is 12.9. The van der Waals surface area contributed by atoms with Crippen LogP contribution in [0.25, 0.3) is 0 Å². The third-order valence-electron chi connectivity index (χ3n) is 4.62. The van der Waals surface area contributed by atoms with Gasteiger partial charge in [0.2, 0.25) is 5.13 Å². The molecule has 0 bridgehead atoms. The Morgan fingerprint density at radius 2 is 1.93 bits per heavy atom. The van der Waals surface area contributed by atoms with Crippen molar-refractivity contribution in [2.75, 3.05) is 23.3 Å². The first-order chi connectivity index (χ1) is 14.0. The van der Waals surface area contributed by atoms with Crippen LogP contribution in [0.4, 0.5) is 20.0 Å². The molecule has 0 aliphatic carbocycles. The number of aromatic nitrogens is 2. The molecule has 0 radical (unpaired) electrons. The number of hydrogen-bond donors (Lipinski definition) is 2. The summed E-state index contributed by atoms with van der Waals surface area (Å²) in [6, 6.07) is 13.1. The van der Waals surface area contributed by atoms with Crippen LogP contribution in [0.15, 0.2) is 48.5 Å². The predicted octanol–water partition coefficient (Wildman–Crippen LogP) is 4.32. The number of hydrogen-bond acceptors (Lipinski definition) is 5. The monoisotopic (exact) mass is 431 g/mol. The summed E-state index contributed by atoms with van der Waals surface area (Å²) in [6.07, 6.45) is 1.54. The highest BCUT2D eigenvalue weighted by molar-refractivity contribution is 7.15. The molecule has 2 N–H and O–H groups in total. The van der Waals surface area contributed by atoms with E-state index in [1.54, 1.807) is 11.3 Å². The van der Waals surface area contributed by atoms with E-state index in [0.29, 0.717) is 23.7 Å². The topological polar surface area (TPSA) is 70.2 Å². The molecule has 0 spiro atoms. The van der Waals surface area contributed by atoms with Crippen LogP contribution in [0.5, 0.6) is 0 Å². The minimum Gasteiger partial charge on any atom is -0.345 e. The molecule has 1 fully saturated rings. The van der Waals surface area contributed by atoms with E-state index in [-0.39, 0.29) is 17.9 Å². The smallest absolute Gasteiger partial charge is 0.319 e. The van der Waals surface area contributed by atoms with Crippen LogP contribution in [0.1, 0.15) is 17.0 Å². The fraction of sp³-hybridized carbons (Fsp3) is 0.250. The Bertz CT molecular complexity index is 979. The van der Waals surface area contributed by atoms with Crippen molar-refractivity contribution in [3.8, 4) is 0 Å². The molecule has 2 aromatic carbocycles. The van der Waals surface area contributed by atoms with Crippen molar-refractivity contribution in [1.29, 1.82) is 0 Å². The number of carbonyl (C=O) groups excluding carboxylic acids is 1. The minimum absolute atomic E-state index is 0.0130. The lowest BCUT2D eigenvalue weighted by Gasteiger charge is -2.15. The van der Waals surface area contributed by atoms with E-state index in [2.05, 4.69) is 25.7 Å². The summed E-state index contributed by atoms with van der Waals surface area (Å²) in [5.41, 5.74) is 1.69. The first kappa shape index (κ1) is 19.6. The zero-order valence-corrected chi connectivity index (χ0v) is 17.0. The van der Waals surface area contributed by atoms with Crippen LogP contribution in [0.2, 0.25) is 5.02 Å². The summed E-state index contributed by atoms with van der Waals surface area (Å²) in [6.45, 7) is 1.48. The normalized spacial score (nSPS) is 16.1. The van der Waals surface area contributed by atoms with Gasteiger partial charge in [-0.1, -0.05) is 35.1 Å². The van der Waals surface area contributed by atoms with Gasteiger partial charge in [0.1, 0.15) is 10.8 Å². The summed E-state index contributed by atoms with van der Waals surface area (Å²) in [5.74, 6) is -0.338. The molecule has 1 aromatic heterocycles. The van der Waals surface area contributed by atoms with Crippen LogP contribution in [0, 0.1) is 5.82 Å². The fourth-order valence-corrected chi connectivity index (χ4v) is 4.19. The van der Waals surface area contributed by atoms with Crippen LogP contribution >= 0.6 is 22.9 Å². The van der Waals surface area contributed by atoms with Crippen molar-refractivity contribution in [2.45, 2.75) is 18.9 Å². The summed E-state index contributed by atoms with van der Waals surface area (Å²) in [5, 5.41) is 16.8. The van der Waals surface area contributed by atoms with Crippen LogP contribution < -0.4 is 15.5 Å². The van der Waals surface area contributed by atoms with Gasteiger partial charge in [-0.25, -0.2) is 9.18 Å². The van der Waals surface area contributed by atoms with Gasteiger partial charge in [-0.05, 0) is 48.4 Å². The molecule has 0 saturated carbocycles. The Labute approximate surface area is 176 Å². The van der Waals surface area contributed by atoms with Crippen molar-refractivity contribution in [2.24, 2.45) is 0 Å². The summed E-state index contributed by atoms with van der Waals surface area (Å²) in [4.78, 5) is 14.3. The van der Waals surface area contributed by atoms with Gasteiger partial charge < -0.3 is 15.5 Å². The molecule has 4 rings (SSSR count). The number of carbonyl (C=O) groups is 1. The molecule has 2 heterocycles. The maximum Gasteiger partial charge on any atom is 0.319 e. The van der Waals surface area contributed by atoms with E-state index in [0.717, 1.165) is 28.7 Å². The van der Waals surface area contributed by atoms with Crippen molar-refractivity contribution in [1.82, 2.24) is 15.5 Å². The Kier molecular flexibility index (Phi) is 5.92. The summed E-state index contributed by atoms with van der Waals surface area (Å²) in [7, 11) is 0. The van der Waals surface area contributed by atoms with Gasteiger partial charge in [-0.2, -0.15) is 0 Å². The molecule has 1 unspecified atom stereocenters. The van der Waals surface area contributed by atoms with E-state index in [4.69, 9.17) is 11.6 Å².